The average molecular weight is 264 g/mol. The lowest BCUT2D eigenvalue weighted by molar-refractivity contribution is -0.151. The van der Waals surface area contributed by atoms with Crippen molar-refractivity contribution < 1.29 is 14.7 Å². The van der Waals surface area contributed by atoms with E-state index in [1.807, 2.05) is 18.2 Å². The van der Waals surface area contributed by atoms with Gasteiger partial charge in [0.1, 0.15) is 5.92 Å². The van der Waals surface area contributed by atoms with E-state index in [1.165, 1.54) is 0 Å². The van der Waals surface area contributed by atoms with Crippen LogP contribution in [0, 0.1) is 11.3 Å². The minimum absolute atomic E-state index is 0.385. The molecule has 1 rings (SSSR count). The summed E-state index contributed by atoms with van der Waals surface area (Å²) < 4.78 is 0. The van der Waals surface area contributed by atoms with E-state index in [0.717, 1.165) is 5.69 Å². The van der Waals surface area contributed by atoms with Crippen molar-refractivity contribution in [3.8, 4) is 0 Å². The van der Waals surface area contributed by atoms with Crippen molar-refractivity contribution >= 4 is 11.9 Å². The first-order valence-electron chi connectivity index (χ1n) is 6.23. The predicted molar refractivity (Wildman–Crippen MR) is 71.5 cm³/mol. The Morgan fingerprint density at radius 2 is 2.05 bits per heavy atom. The topological polar surface area (TPSA) is 79.3 Å². The Hall–Kier alpha value is -1.91. The minimum Gasteiger partial charge on any atom is -0.481 e. The highest BCUT2D eigenvalue weighted by atomic mass is 16.4. The third-order valence-electron chi connectivity index (χ3n) is 2.78. The maximum absolute atomic E-state index is 11.9. The fraction of sp³-hybridized carbons (Fsp3) is 0.500. The molecule has 1 aromatic heterocycles. The van der Waals surface area contributed by atoms with Crippen molar-refractivity contribution in [1.29, 1.82) is 0 Å². The van der Waals surface area contributed by atoms with Gasteiger partial charge in [0.25, 0.3) is 0 Å². The van der Waals surface area contributed by atoms with E-state index < -0.39 is 23.2 Å². The van der Waals surface area contributed by atoms with Crippen molar-refractivity contribution in [3.05, 3.63) is 30.1 Å². The van der Waals surface area contributed by atoms with Gasteiger partial charge in [-0.25, -0.2) is 0 Å². The van der Waals surface area contributed by atoms with Crippen LogP contribution in [0.25, 0.3) is 0 Å². The molecule has 0 bridgehead atoms. The number of aliphatic carboxylic acids is 1. The van der Waals surface area contributed by atoms with Crippen LogP contribution in [0.2, 0.25) is 0 Å². The smallest absolute Gasteiger partial charge is 0.316 e. The number of nitrogens with one attached hydrogen (secondary N) is 1. The Labute approximate surface area is 113 Å². The highest BCUT2D eigenvalue weighted by Crippen LogP contribution is 2.26. The molecule has 0 radical (unpaired) electrons. The first kappa shape index (κ1) is 15.1. The lowest BCUT2D eigenvalue weighted by Crippen LogP contribution is -2.43. The number of carbonyl (C=O) groups is 2. The molecule has 0 saturated carbocycles. The van der Waals surface area contributed by atoms with Crippen LogP contribution in [0.1, 0.15) is 26.5 Å². The third-order valence-corrected chi connectivity index (χ3v) is 2.78. The molecular weight excluding hydrogens is 244 g/mol. The SMILES string of the molecule is CC(C)(C)C(C(=O)O)C(=O)NCCc1ccccn1. The number of rotatable bonds is 5. The quantitative estimate of drug-likeness (QED) is 0.790. The van der Waals surface area contributed by atoms with Crippen molar-refractivity contribution in [1.82, 2.24) is 10.3 Å². The summed E-state index contributed by atoms with van der Waals surface area (Å²) >= 11 is 0. The van der Waals surface area contributed by atoms with Crippen LogP contribution < -0.4 is 5.32 Å². The zero-order chi connectivity index (χ0) is 14.5. The molecule has 0 aliphatic heterocycles. The summed E-state index contributed by atoms with van der Waals surface area (Å²) in [5.74, 6) is -2.59. The van der Waals surface area contributed by atoms with Crippen LogP contribution in [0.5, 0.6) is 0 Å². The van der Waals surface area contributed by atoms with Crippen LogP contribution >= 0.6 is 0 Å². The number of hydrogen-bond acceptors (Lipinski definition) is 3. The number of pyridine rings is 1. The summed E-state index contributed by atoms with van der Waals surface area (Å²) in [7, 11) is 0. The van der Waals surface area contributed by atoms with Gasteiger partial charge in [0.15, 0.2) is 0 Å². The number of hydrogen-bond donors (Lipinski definition) is 2. The molecule has 1 aromatic rings. The zero-order valence-corrected chi connectivity index (χ0v) is 11.5. The van der Waals surface area contributed by atoms with Gasteiger partial charge in [0.05, 0.1) is 0 Å². The number of aromatic nitrogens is 1. The van der Waals surface area contributed by atoms with E-state index in [9.17, 15) is 9.59 Å². The van der Waals surface area contributed by atoms with Crippen LogP contribution in [-0.2, 0) is 16.0 Å². The number of nitrogens with zero attached hydrogens (tertiary/aromatic N) is 1. The highest BCUT2D eigenvalue weighted by molar-refractivity contribution is 5.97. The third kappa shape index (κ3) is 4.69. The molecule has 1 unspecified atom stereocenters. The molecule has 19 heavy (non-hydrogen) atoms. The monoisotopic (exact) mass is 264 g/mol. The summed E-state index contributed by atoms with van der Waals surface area (Å²) in [5.41, 5.74) is 0.256. The maximum Gasteiger partial charge on any atom is 0.316 e. The van der Waals surface area contributed by atoms with E-state index in [2.05, 4.69) is 10.3 Å². The predicted octanol–water partition coefficient (Wildman–Crippen LogP) is 1.49. The average Bonchev–Trinajstić information content (AvgIpc) is 2.27. The van der Waals surface area contributed by atoms with Crippen LogP contribution in [0.3, 0.4) is 0 Å². The fourth-order valence-electron chi connectivity index (χ4n) is 1.84. The van der Waals surface area contributed by atoms with Gasteiger partial charge in [0.2, 0.25) is 5.91 Å². The Balaban J connectivity index is 2.52. The summed E-state index contributed by atoms with van der Waals surface area (Å²) in [6.45, 7) is 5.61. The van der Waals surface area contributed by atoms with Gasteiger partial charge in [-0.05, 0) is 17.5 Å². The van der Waals surface area contributed by atoms with Crippen molar-refractivity contribution in [2.75, 3.05) is 6.54 Å². The molecule has 1 heterocycles. The second-order valence-corrected chi connectivity index (χ2v) is 5.50. The molecule has 0 saturated heterocycles. The molecule has 0 aliphatic rings. The van der Waals surface area contributed by atoms with Crippen molar-refractivity contribution in [2.45, 2.75) is 27.2 Å². The van der Waals surface area contributed by atoms with E-state index in [0.29, 0.717) is 13.0 Å². The summed E-state index contributed by atoms with van der Waals surface area (Å²) in [6, 6.07) is 5.56. The lowest BCUT2D eigenvalue weighted by Gasteiger charge is -2.25. The molecule has 2 N–H and O–H groups in total. The first-order valence-corrected chi connectivity index (χ1v) is 6.23. The Kier molecular flexibility index (Phi) is 5.03. The molecule has 1 atom stereocenters. The molecule has 0 spiro atoms. The molecule has 5 heteroatoms. The Morgan fingerprint density at radius 1 is 1.37 bits per heavy atom. The highest BCUT2D eigenvalue weighted by Gasteiger charge is 2.37. The molecule has 1 amide bonds. The van der Waals surface area contributed by atoms with Gasteiger partial charge < -0.3 is 10.4 Å². The minimum atomic E-state index is -1.09. The van der Waals surface area contributed by atoms with Crippen LogP contribution in [0.15, 0.2) is 24.4 Å². The number of carbonyl (C=O) groups excluding carboxylic acids is 1. The molecule has 5 nitrogen and oxygen atoms in total. The van der Waals surface area contributed by atoms with Gasteiger partial charge in [0, 0.05) is 24.9 Å². The van der Waals surface area contributed by atoms with Crippen LogP contribution in [0.4, 0.5) is 0 Å². The van der Waals surface area contributed by atoms with E-state index >= 15 is 0 Å². The normalized spacial score (nSPS) is 12.8. The van der Waals surface area contributed by atoms with Gasteiger partial charge in [-0.15, -0.1) is 0 Å². The van der Waals surface area contributed by atoms with E-state index in [-0.39, 0.29) is 0 Å². The van der Waals surface area contributed by atoms with Crippen molar-refractivity contribution in [3.63, 3.8) is 0 Å². The van der Waals surface area contributed by atoms with Gasteiger partial charge in [-0.1, -0.05) is 26.8 Å². The maximum atomic E-state index is 11.9. The molecule has 0 aliphatic carbocycles. The Morgan fingerprint density at radius 3 is 2.53 bits per heavy atom. The fourth-order valence-corrected chi connectivity index (χ4v) is 1.84. The second kappa shape index (κ2) is 6.31. The first-order chi connectivity index (χ1) is 8.82. The molecular formula is C14H20N2O3. The lowest BCUT2D eigenvalue weighted by atomic mass is 9.80. The second-order valence-electron chi connectivity index (χ2n) is 5.50. The van der Waals surface area contributed by atoms with Crippen molar-refractivity contribution in [2.24, 2.45) is 11.3 Å². The van der Waals surface area contributed by atoms with E-state index in [1.54, 1.807) is 27.0 Å². The number of carboxylic acid groups (broad SMARTS) is 1. The van der Waals surface area contributed by atoms with Gasteiger partial charge in [-0.3, -0.25) is 14.6 Å². The zero-order valence-electron chi connectivity index (χ0n) is 11.5. The standard InChI is InChI=1S/C14H20N2O3/c1-14(2,3)11(13(18)19)12(17)16-9-7-10-6-4-5-8-15-10/h4-6,8,11H,7,9H2,1-3H3,(H,16,17)(H,18,19). The summed E-state index contributed by atoms with van der Waals surface area (Å²) in [5, 5.41) is 11.8. The molecule has 0 aromatic carbocycles. The largest absolute Gasteiger partial charge is 0.481 e. The number of carboxylic acids is 1. The number of amides is 1. The van der Waals surface area contributed by atoms with Gasteiger partial charge >= 0.3 is 5.97 Å². The van der Waals surface area contributed by atoms with Crippen LogP contribution in [-0.4, -0.2) is 28.5 Å². The summed E-state index contributed by atoms with van der Waals surface area (Å²) in [4.78, 5) is 27.2. The van der Waals surface area contributed by atoms with Gasteiger partial charge in [-0.2, -0.15) is 0 Å². The molecule has 0 fully saturated rings. The van der Waals surface area contributed by atoms with E-state index in [4.69, 9.17) is 5.11 Å². The Bertz CT molecular complexity index is 438. The molecule has 104 valence electrons. The summed E-state index contributed by atoms with van der Waals surface area (Å²) in [6.07, 6.45) is 2.27.